The van der Waals surface area contributed by atoms with Crippen LogP contribution in [0.25, 0.3) is 0 Å². The van der Waals surface area contributed by atoms with Crippen molar-refractivity contribution in [3.63, 3.8) is 0 Å². The van der Waals surface area contributed by atoms with Gasteiger partial charge >= 0.3 is 6.03 Å². The summed E-state index contributed by atoms with van der Waals surface area (Å²) in [6.07, 6.45) is 0.824. The summed E-state index contributed by atoms with van der Waals surface area (Å²) in [6, 6.07) is 7.97. The molecule has 1 heterocycles. The summed E-state index contributed by atoms with van der Waals surface area (Å²) in [5, 5.41) is 3.06. The molecule has 1 aromatic carbocycles. The minimum atomic E-state index is -0.0773. The largest absolute Gasteiger partial charge is 0.378 e. The Bertz CT molecular complexity index is 472. The zero-order chi connectivity index (χ0) is 13.2. The Labute approximate surface area is 112 Å². The van der Waals surface area contributed by atoms with Crippen LogP contribution in [0.4, 0.5) is 4.79 Å². The minimum Gasteiger partial charge on any atom is -0.378 e. The average molecular weight is 261 g/mol. The second kappa shape index (κ2) is 5.19. The fourth-order valence-electron chi connectivity index (χ4n) is 2.80. The highest BCUT2D eigenvalue weighted by atomic mass is 16.5. The van der Waals surface area contributed by atoms with Crippen LogP contribution in [-0.2, 0) is 11.2 Å². The molecule has 1 fully saturated rings. The van der Waals surface area contributed by atoms with E-state index in [1.807, 2.05) is 18.2 Å². The number of rotatable bonds is 1. The number of hydrogen-bond acceptors (Lipinski definition) is 3. The van der Waals surface area contributed by atoms with Crippen molar-refractivity contribution in [2.45, 2.75) is 18.5 Å². The van der Waals surface area contributed by atoms with Crippen LogP contribution in [0, 0.1) is 0 Å². The predicted molar refractivity (Wildman–Crippen MR) is 71.8 cm³/mol. The third kappa shape index (κ3) is 2.43. The van der Waals surface area contributed by atoms with E-state index in [4.69, 9.17) is 10.5 Å². The van der Waals surface area contributed by atoms with Crippen LogP contribution in [0.2, 0.25) is 0 Å². The van der Waals surface area contributed by atoms with Crippen LogP contribution in [0.3, 0.4) is 0 Å². The van der Waals surface area contributed by atoms with Gasteiger partial charge in [-0.3, -0.25) is 0 Å². The highest BCUT2D eigenvalue weighted by molar-refractivity contribution is 5.75. The molecule has 3 N–H and O–H groups in total. The van der Waals surface area contributed by atoms with E-state index in [2.05, 4.69) is 11.4 Å². The Balaban J connectivity index is 1.71. The first-order valence-electron chi connectivity index (χ1n) is 6.72. The van der Waals surface area contributed by atoms with Gasteiger partial charge in [-0.05, 0) is 17.5 Å². The lowest BCUT2D eigenvalue weighted by Crippen LogP contribution is -2.49. The number of carbonyl (C=O) groups is 1. The van der Waals surface area contributed by atoms with Gasteiger partial charge in [-0.25, -0.2) is 4.79 Å². The summed E-state index contributed by atoms with van der Waals surface area (Å²) in [4.78, 5) is 14.0. The van der Waals surface area contributed by atoms with Crippen molar-refractivity contribution in [1.82, 2.24) is 10.2 Å². The third-order valence-corrected chi connectivity index (χ3v) is 3.85. The summed E-state index contributed by atoms with van der Waals surface area (Å²) in [6.45, 7) is 2.52. The van der Waals surface area contributed by atoms with Gasteiger partial charge in [0.05, 0.1) is 19.3 Å². The highest BCUT2D eigenvalue weighted by Gasteiger charge is 2.32. The SMILES string of the molecule is NC1Cc2ccccc2C1NC(=O)N1CCOCC1. The molecule has 1 aliphatic heterocycles. The monoisotopic (exact) mass is 261 g/mol. The van der Waals surface area contributed by atoms with E-state index >= 15 is 0 Å². The molecule has 1 aromatic rings. The van der Waals surface area contributed by atoms with Gasteiger partial charge in [0.25, 0.3) is 0 Å². The summed E-state index contributed by atoms with van der Waals surface area (Å²) >= 11 is 0. The lowest BCUT2D eigenvalue weighted by atomic mass is 10.1. The normalized spacial score (nSPS) is 26.1. The second-order valence-electron chi connectivity index (χ2n) is 5.09. The number of hydrogen-bond donors (Lipinski definition) is 2. The van der Waals surface area contributed by atoms with E-state index in [1.165, 1.54) is 5.56 Å². The van der Waals surface area contributed by atoms with Crippen LogP contribution in [0.15, 0.2) is 24.3 Å². The van der Waals surface area contributed by atoms with E-state index in [1.54, 1.807) is 4.90 Å². The molecule has 2 amide bonds. The fraction of sp³-hybridized carbons (Fsp3) is 0.500. The molecule has 0 bridgehead atoms. The Morgan fingerprint density at radius 1 is 1.32 bits per heavy atom. The van der Waals surface area contributed by atoms with Crippen molar-refractivity contribution in [3.05, 3.63) is 35.4 Å². The van der Waals surface area contributed by atoms with Gasteiger partial charge in [-0.1, -0.05) is 24.3 Å². The average Bonchev–Trinajstić information content (AvgIpc) is 2.76. The second-order valence-corrected chi connectivity index (χ2v) is 5.09. The standard InChI is InChI=1S/C14H19N3O2/c15-12-9-10-3-1-2-4-11(10)13(12)16-14(18)17-5-7-19-8-6-17/h1-4,12-13H,5-9,15H2,(H,16,18). The van der Waals surface area contributed by atoms with Crippen molar-refractivity contribution >= 4 is 6.03 Å². The van der Waals surface area contributed by atoms with Gasteiger partial charge in [0.1, 0.15) is 0 Å². The summed E-state index contributed by atoms with van der Waals surface area (Å²) in [5.74, 6) is 0. The first-order chi connectivity index (χ1) is 9.25. The molecule has 2 aliphatic rings. The number of morpholine rings is 1. The molecule has 1 aliphatic carbocycles. The Hall–Kier alpha value is -1.59. The molecule has 5 nitrogen and oxygen atoms in total. The van der Waals surface area contributed by atoms with Crippen molar-refractivity contribution in [2.75, 3.05) is 26.3 Å². The predicted octanol–water partition coefficient (Wildman–Crippen LogP) is 0.653. The van der Waals surface area contributed by atoms with E-state index in [9.17, 15) is 4.79 Å². The molecule has 0 spiro atoms. The first-order valence-corrected chi connectivity index (χ1v) is 6.72. The molecule has 0 radical (unpaired) electrons. The topological polar surface area (TPSA) is 67.6 Å². The molecule has 2 unspecified atom stereocenters. The number of amides is 2. The van der Waals surface area contributed by atoms with Crippen molar-refractivity contribution in [3.8, 4) is 0 Å². The lowest BCUT2D eigenvalue weighted by molar-refractivity contribution is 0.0523. The molecular formula is C14H19N3O2. The van der Waals surface area contributed by atoms with Gasteiger partial charge < -0.3 is 20.7 Å². The lowest BCUT2D eigenvalue weighted by Gasteiger charge is -2.29. The maximum absolute atomic E-state index is 12.2. The van der Waals surface area contributed by atoms with E-state index in [0.29, 0.717) is 26.3 Å². The third-order valence-electron chi connectivity index (χ3n) is 3.85. The smallest absolute Gasteiger partial charge is 0.318 e. The Kier molecular flexibility index (Phi) is 3.40. The van der Waals surface area contributed by atoms with Crippen LogP contribution in [0.1, 0.15) is 17.2 Å². The Morgan fingerprint density at radius 2 is 2.05 bits per heavy atom. The molecule has 0 aromatic heterocycles. The Morgan fingerprint density at radius 3 is 2.84 bits per heavy atom. The van der Waals surface area contributed by atoms with Crippen molar-refractivity contribution in [1.29, 1.82) is 0 Å². The number of fused-ring (bicyclic) bond motifs is 1. The molecule has 19 heavy (non-hydrogen) atoms. The van der Waals surface area contributed by atoms with Gasteiger partial charge in [0.15, 0.2) is 0 Å². The summed E-state index contributed by atoms with van der Waals surface area (Å²) in [5.41, 5.74) is 8.54. The summed E-state index contributed by atoms with van der Waals surface area (Å²) in [7, 11) is 0. The maximum atomic E-state index is 12.2. The molecule has 102 valence electrons. The number of carbonyl (C=O) groups excluding carboxylic acids is 1. The van der Waals surface area contributed by atoms with E-state index < -0.39 is 0 Å². The van der Waals surface area contributed by atoms with Crippen LogP contribution in [0.5, 0.6) is 0 Å². The minimum absolute atomic E-state index is 0.0395. The van der Waals surface area contributed by atoms with Crippen LogP contribution < -0.4 is 11.1 Å². The number of nitrogens with two attached hydrogens (primary N) is 1. The molecule has 3 rings (SSSR count). The fourth-order valence-corrected chi connectivity index (χ4v) is 2.80. The number of nitrogens with zero attached hydrogens (tertiary/aromatic N) is 1. The van der Waals surface area contributed by atoms with E-state index in [-0.39, 0.29) is 18.1 Å². The first kappa shape index (κ1) is 12.4. The van der Waals surface area contributed by atoms with Gasteiger partial charge in [-0.15, -0.1) is 0 Å². The van der Waals surface area contributed by atoms with Crippen LogP contribution in [-0.4, -0.2) is 43.3 Å². The van der Waals surface area contributed by atoms with E-state index in [0.717, 1.165) is 12.0 Å². The molecule has 1 saturated heterocycles. The van der Waals surface area contributed by atoms with Crippen LogP contribution >= 0.6 is 0 Å². The number of benzene rings is 1. The number of nitrogens with one attached hydrogen (secondary N) is 1. The molecule has 0 saturated carbocycles. The summed E-state index contributed by atoms with van der Waals surface area (Å²) < 4.78 is 5.25. The van der Waals surface area contributed by atoms with Gasteiger partial charge in [0, 0.05) is 19.1 Å². The van der Waals surface area contributed by atoms with Crippen molar-refractivity contribution in [2.24, 2.45) is 5.73 Å². The molecular weight excluding hydrogens is 242 g/mol. The van der Waals surface area contributed by atoms with Gasteiger partial charge in [0.2, 0.25) is 0 Å². The number of urea groups is 1. The van der Waals surface area contributed by atoms with Gasteiger partial charge in [-0.2, -0.15) is 0 Å². The zero-order valence-electron chi connectivity index (χ0n) is 10.8. The highest BCUT2D eigenvalue weighted by Crippen LogP contribution is 2.30. The number of ether oxygens (including phenoxy) is 1. The zero-order valence-corrected chi connectivity index (χ0v) is 10.8. The quantitative estimate of drug-likeness (QED) is 0.780. The maximum Gasteiger partial charge on any atom is 0.318 e. The molecule has 2 atom stereocenters. The van der Waals surface area contributed by atoms with Crippen molar-refractivity contribution < 1.29 is 9.53 Å². The molecule has 5 heteroatoms.